The molecular weight excluding hydrogens is 731 g/mol. The second-order valence-electron chi connectivity index (χ2n) is 17.2. The standard InChI is InChI=1S/C48H55N3O5S/c1-10-29-50-38-25-21-32-15-11-13-17-36(32)42(38)47(5,6)40(50)27-23-34-19-20-35(44(34)49(9)45(52)54-46(2,3)4)24-28-41-48(7,8)43-37-18-14-12-16-33(37)22-26-39(43)51(41)30-31-57-56-55-53/h11-18,21-28H,10,19-20,29-31H2,1-9H3. The van der Waals surface area contributed by atoms with Crippen molar-refractivity contribution < 1.29 is 28.7 Å². The van der Waals surface area contributed by atoms with E-state index >= 15 is 0 Å². The third kappa shape index (κ3) is 7.58. The van der Waals surface area contributed by atoms with Crippen LogP contribution < -0.4 is 10.2 Å². The van der Waals surface area contributed by atoms with Gasteiger partial charge >= 0.3 is 6.09 Å². The molecule has 4 aromatic rings. The molecule has 1 amide bonds. The Morgan fingerprint density at radius 1 is 0.895 bits per heavy atom. The Morgan fingerprint density at radius 3 is 2.23 bits per heavy atom. The molecule has 0 fully saturated rings. The molecule has 0 radical (unpaired) electrons. The van der Waals surface area contributed by atoms with E-state index < -0.39 is 5.60 Å². The van der Waals surface area contributed by atoms with Gasteiger partial charge in [-0.1, -0.05) is 87.5 Å². The number of hydrogen-bond donors (Lipinski definition) is 0. The van der Waals surface area contributed by atoms with E-state index in [1.807, 2.05) is 27.8 Å². The Bertz CT molecular complexity index is 2380. The molecule has 0 spiro atoms. The Hall–Kier alpha value is -4.67. The van der Waals surface area contributed by atoms with Gasteiger partial charge in [0.25, 0.3) is 0 Å². The van der Waals surface area contributed by atoms with Crippen LogP contribution in [0.1, 0.15) is 85.8 Å². The summed E-state index contributed by atoms with van der Waals surface area (Å²) in [6.45, 7) is 18.6. The summed E-state index contributed by atoms with van der Waals surface area (Å²) in [6, 6.07) is 26.0. The third-order valence-electron chi connectivity index (χ3n) is 11.6. The van der Waals surface area contributed by atoms with Crippen molar-refractivity contribution in [1.82, 2.24) is 4.90 Å². The summed E-state index contributed by atoms with van der Waals surface area (Å²) in [5, 5.41) is 19.2. The van der Waals surface area contributed by atoms with Crippen molar-refractivity contribution in [1.29, 1.82) is 0 Å². The van der Waals surface area contributed by atoms with E-state index in [0.717, 1.165) is 66.1 Å². The molecule has 298 valence electrons. The monoisotopic (exact) mass is 785 g/mol. The van der Waals surface area contributed by atoms with Gasteiger partial charge in [-0.25, -0.2) is 4.79 Å². The van der Waals surface area contributed by atoms with Gasteiger partial charge in [0.05, 0.1) is 11.1 Å². The van der Waals surface area contributed by atoms with Gasteiger partial charge in [-0.2, -0.15) is 8.91 Å². The molecule has 1 aliphatic carbocycles. The molecule has 57 heavy (non-hydrogen) atoms. The van der Waals surface area contributed by atoms with Gasteiger partial charge in [-0.15, -0.1) is 0 Å². The maximum atomic E-state index is 13.8. The van der Waals surface area contributed by atoms with Gasteiger partial charge in [0.1, 0.15) is 12.1 Å². The van der Waals surface area contributed by atoms with Crippen LogP contribution in [0.5, 0.6) is 0 Å². The average Bonchev–Trinajstić information content (AvgIpc) is 3.75. The van der Waals surface area contributed by atoms with Crippen LogP contribution in [0.3, 0.4) is 0 Å². The van der Waals surface area contributed by atoms with Crippen LogP contribution in [0, 0.1) is 0 Å². The predicted molar refractivity (Wildman–Crippen MR) is 232 cm³/mol. The van der Waals surface area contributed by atoms with Crippen LogP contribution >= 0.6 is 12.0 Å². The normalized spacial score (nSPS) is 18.9. The van der Waals surface area contributed by atoms with Gasteiger partial charge in [0.2, 0.25) is 5.69 Å². The lowest BCUT2D eigenvalue weighted by Crippen LogP contribution is -2.34. The zero-order valence-corrected chi connectivity index (χ0v) is 35.6. The van der Waals surface area contributed by atoms with E-state index in [1.165, 1.54) is 44.1 Å². The number of carbonyl (C=O) groups excluding carboxylic acids is 1. The van der Waals surface area contributed by atoms with Crippen molar-refractivity contribution in [2.45, 2.75) is 91.1 Å². The minimum absolute atomic E-state index is 0.235. The number of anilines is 1. The largest absolute Gasteiger partial charge is 0.691 e. The second-order valence-corrected chi connectivity index (χ2v) is 18.0. The highest BCUT2D eigenvalue weighted by molar-refractivity contribution is 7.94. The highest BCUT2D eigenvalue weighted by atomic mass is 32.2. The van der Waals surface area contributed by atoms with E-state index in [1.54, 1.807) is 4.90 Å². The molecule has 0 bridgehead atoms. The Morgan fingerprint density at radius 2 is 1.56 bits per heavy atom. The number of likely N-dealkylation sites (N-methyl/N-ethyl adjacent to an activating group) is 1. The fourth-order valence-electron chi connectivity index (χ4n) is 9.21. The number of ether oxygens (including phenoxy) is 1. The van der Waals surface area contributed by atoms with Gasteiger partial charge < -0.3 is 14.9 Å². The SMILES string of the molecule is CCC[N+]1=C(/C=C/C2=C(N(C)C(=O)OC(C)(C)C)C(=C/C=C3/N(CCSOO[O-])c4ccc5ccccc5c4C3(C)C)/CC2)C(C)(C)c2c1ccc1ccccc21. The minimum Gasteiger partial charge on any atom is -0.691 e. The quantitative estimate of drug-likeness (QED) is 0.0493. The molecule has 7 rings (SSSR count). The number of hydrogen-bond acceptors (Lipinski definition) is 7. The molecule has 0 unspecified atom stereocenters. The average molecular weight is 786 g/mol. The van der Waals surface area contributed by atoms with Crippen LogP contribution in [-0.2, 0) is 24.9 Å². The fourth-order valence-corrected chi connectivity index (χ4v) is 9.57. The van der Waals surface area contributed by atoms with E-state index in [-0.39, 0.29) is 16.9 Å². The Kier molecular flexibility index (Phi) is 11.3. The van der Waals surface area contributed by atoms with Crippen molar-refractivity contribution in [3.8, 4) is 0 Å². The van der Waals surface area contributed by atoms with Gasteiger partial charge in [0.15, 0.2) is 5.71 Å². The van der Waals surface area contributed by atoms with E-state index in [0.29, 0.717) is 12.3 Å². The van der Waals surface area contributed by atoms with E-state index in [9.17, 15) is 10.1 Å². The van der Waals surface area contributed by atoms with Crippen molar-refractivity contribution >= 4 is 56.8 Å². The Labute approximate surface area is 341 Å². The van der Waals surface area contributed by atoms with Crippen molar-refractivity contribution in [2.75, 3.05) is 30.8 Å². The molecule has 8 nitrogen and oxygen atoms in total. The molecular formula is C48H55N3O5S. The maximum absolute atomic E-state index is 13.8. The first kappa shape index (κ1) is 40.5. The molecule has 4 aromatic carbocycles. The number of rotatable bonds is 11. The second kappa shape index (κ2) is 15.9. The number of fused-ring (bicyclic) bond motifs is 6. The molecule has 2 heterocycles. The molecule has 0 atom stereocenters. The maximum Gasteiger partial charge on any atom is 0.414 e. The lowest BCUT2D eigenvalue weighted by Gasteiger charge is -2.28. The molecule has 0 saturated carbocycles. The van der Waals surface area contributed by atoms with Crippen molar-refractivity contribution in [3.63, 3.8) is 0 Å². The molecule has 0 aromatic heterocycles. The number of allylic oxidation sites excluding steroid dienone is 7. The summed E-state index contributed by atoms with van der Waals surface area (Å²) >= 11 is 0.994. The summed E-state index contributed by atoms with van der Waals surface area (Å²) in [5.74, 6) is 0.518. The first-order chi connectivity index (χ1) is 27.2. The molecule has 2 aliphatic heterocycles. The summed E-state index contributed by atoms with van der Waals surface area (Å²) in [5.41, 5.74) is 9.20. The topological polar surface area (TPSA) is 77.3 Å². The van der Waals surface area contributed by atoms with Crippen LogP contribution in [-0.4, -0.2) is 52.8 Å². The summed E-state index contributed by atoms with van der Waals surface area (Å²) in [4.78, 5) is 17.8. The molecule has 0 N–H and O–H groups in total. The fraction of sp³-hybridized carbons (Fsp3) is 0.375. The van der Waals surface area contributed by atoms with Crippen molar-refractivity contribution in [3.05, 3.63) is 131 Å². The third-order valence-corrected chi connectivity index (χ3v) is 12.1. The summed E-state index contributed by atoms with van der Waals surface area (Å²) in [6.07, 6.45) is 11.1. The number of carbonyl (C=O) groups is 1. The molecule has 9 heteroatoms. The van der Waals surface area contributed by atoms with Gasteiger partial charge in [-0.05, 0) is 104 Å². The first-order valence-electron chi connectivity index (χ1n) is 20.0. The van der Waals surface area contributed by atoms with Crippen LogP contribution in [0.15, 0.2) is 120 Å². The van der Waals surface area contributed by atoms with Crippen LogP contribution in [0.2, 0.25) is 0 Å². The van der Waals surface area contributed by atoms with E-state index in [4.69, 9.17) is 4.74 Å². The first-order valence-corrected chi connectivity index (χ1v) is 20.9. The zero-order valence-electron chi connectivity index (χ0n) is 34.8. The molecule has 3 aliphatic rings. The Balaban J connectivity index is 1.33. The zero-order chi connectivity index (χ0) is 40.7. The summed E-state index contributed by atoms with van der Waals surface area (Å²) in [7, 11) is 1.82. The summed E-state index contributed by atoms with van der Waals surface area (Å²) < 4.78 is 13.1. The number of nitrogens with zero attached hydrogens (tertiary/aromatic N) is 3. The van der Waals surface area contributed by atoms with Gasteiger partial charge in [0, 0.05) is 72.3 Å². The number of benzene rings is 4. The highest BCUT2D eigenvalue weighted by Gasteiger charge is 2.46. The van der Waals surface area contributed by atoms with Crippen LogP contribution in [0.25, 0.3) is 21.5 Å². The number of amides is 1. The lowest BCUT2D eigenvalue weighted by atomic mass is 9.79. The van der Waals surface area contributed by atoms with Crippen molar-refractivity contribution in [2.24, 2.45) is 0 Å². The van der Waals surface area contributed by atoms with Crippen LogP contribution in [0.4, 0.5) is 16.2 Å². The minimum atomic E-state index is -0.646. The van der Waals surface area contributed by atoms with E-state index in [2.05, 4.69) is 151 Å². The molecule has 0 saturated heterocycles. The van der Waals surface area contributed by atoms with Gasteiger partial charge in [-0.3, -0.25) is 9.94 Å². The smallest absolute Gasteiger partial charge is 0.414 e. The lowest BCUT2D eigenvalue weighted by molar-refractivity contribution is -0.777. The highest BCUT2D eigenvalue weighted by Crippen LogP contribution is 2.51. The predicted octanol–water partition coefficient (Wildman–Crippen LogP) is 10.7.